The molecule has 134 valence electrons. The number of hydrogen-bond acceptors (Lipinski definition) is 7. The fourth-order valence-electron chi connectivity index (χ4n) is 3.16. The van der Waals surface area contributed by atoms with Crippen LogP contribution in [0.5, 0.6) is 0 Å². The molecular weight excluding hydrogens is 362 g/mol. The molecule has 1 fully saturated rings. The zero-order chi connectivity index (χ0) is 17.4. The predicted molar refractivity (Wildman–Crippen MR) is 93.9 cm³/mol. The van der Waals surface area contributed by atoms with Crippen LogP contribution in [0.2, 0.25) is 0 Å². The summed E-state index contributed by atoms with van der Waals surface area (Å²) in [5.41, 5.74) is 2.51. The number of thioether (sulfide) groups is 1. The molecule has 0 amide bonds. The number of benzene rings is 1. The molecule has 0 spiro atoms. The Hall–Kier alpha value is -1.42. The molecule has 4 rings (SSSR count). The molecule has 1 aromatic heterocycles. The third kappa shape index (κ3) is 3.46. The van der Waals surface area contributed by atoms with Gasteiger partial charge in [-0.3, -0.25) is 0 Å². The maximum absolute atomic E-state index is 11.8. The number of sulfonamides is 1. The summed E-state index contributed by atoms with van der Waals surface area (Å²) in [5.74, 6) is 1.89. The average molecular weight is 381 g/mol. The number of ether oxygens (including phenoxy) is 1. The molecule has 2 aromatic rings. The minimum atomic E-state index is -3.26. The van der Waals surface area contributed by atoms with Crippen LogP contribution in [0.25, 0.3) is 0 Å². The third-order valence-electron chi connectivity index (χ3n) is 4.45. The van der Waals surface area contributed by atoms with E-state index in [1.807, 2.05) is 12.1 Å². The molecule has 3 heterocycles. The molecule has 9 heteroatoms. The van der Waals surface area contributed by atoms with E-state index in [1.54, 1.807) is 11.8 Å². The minimum Gasteiger partial charge on any atom is -0.421 e. The average Bonchev–Trinajstić information content (AvgIpc) is 3.10. The molecule has 0 bridgehead atoms. The Morgan fingerprint density at radius 2 is 2.04 bits per heavy atom. The van der Waals surface area contributed by atoms with Crippen LogP contribution < -0.4 is 0 Å². The number of rotatable bonds is 3. The first-order valence-electron chi connectivity index (χ1n) is 8.12. The molecule has 0 radical (unpaired) electrons. The van der Waals surface area contributed by atoms with E-state index in [1.165, 1.54) is 21.7 Å². The van der Waals surface area contributed by atoms with Crippen molar-refractivity contribution in [2.24, 2.45) is 0 Å². The maximum Gasteiger partial charge on any atom is 0.246 e. The Morgan fingerprint density at radius 3 is 2.88 bits per heavy atom. The number of hydrogen-bond donors (Lipinski definition) is 0. The molecule has 2 aliphatic heterocycles. The lowest BCUT2D eigenvalue weighted by molar-refractivity contribution is -0.0175. The first-order chi connectivity index (χ1) is 12.0. The SMILES string of the molecule is CS(=O)(=O)N1CCO[C@@H](c2nnc([C@@H]3SCCc4ccccc43)o2)C1. The van der Waals surface area contributed by atoms with E-state index in [-0.39, 0.29) is 11.8 Å². The zero-order valence-electron chi connectivity index (χ0n) is 13.8. The summed E-state index contributed by atoms with van der Waals surface area (Å²) < 4.78 is 36.4. The highest BCUT2D eigenvalue weighted by atomic mass is 32.2. The second-order valence-electron chi connectivity index (χ2n) is 6.16. The van der Waals surface area contributed by atoms with Crippen molar-refractivity contribution in [1.29, 1.82) is 0 Å². The predicted octanol–water partition coefficient (Wildman–Crippen LogP) is 1.78. The van der Waals surface area contributed by atoms with Crippen LogP contribution in [0.3, 0.4) is 0 Å². The highest BCUT2D eigenvalue weighted by Gasteiger charge is 2.33. The molecule has 0 aliphatic carbocycles. The minimum absolute atomic E-state index is 0.0146. The van der Waals surface area contributed by atoms with Gasteiger partial charge in [-0.05, 0) is 23.3 Å². The first-order valence-corrected chi connectivity index (χ1v) is 11.0. The lowest BCUT2D eigenvalue weighted by Gasteiger charge is -2.29. The summed E-state index contributed by atoms with van der Waals surface area (Å²) in [6, 6.07) is 8.29. The number of aromatic nitrogens is 2. The van der Waals surface area contributed by atoms with Gasteiger partial charge in [0, 0.05) is 13.1 Å². The van der Waals surface area contributed by atoms with Crippen LogP contribution in [0.1, 0.15) is 34.3 Å². The van der Waals surface area contributed by atoms with Crippen molar-refractivity contribution in [2.75, 3.05) is 31.7 Å². The standard InChI is InChI=1S/C16H19N3O4S2/c1-25(20,21)19-7-8-22-13(10-19)15-17-18-16(23-15)14-12-5-3-2-4-11(12)6-9-24-14/h2-5,13-14H,6-10H2,1H3/t13-,14-/m1/s1. The van der Waals surface area contributed by atoms with Crippen molar-refractivity contribution in [1.82, 2.24) is 14.5 Å². The second-order valence-corrected chi connectivity index (χ2v) is 9.35. The summed E-state index contributed by atoms with van der Waals surface area (Å²) in [6.45, 7) is 0.869. The molecule has 7 nitrogen and oxygen atoms in total. The van der Waals surface area contributed by atoms with Crippen LogP contribution in [0.4, 0.5) is 0 Å². The van der Waals surface area contributed by atoms with Crippen LogP contribution in [0, 0.1) is 0 Å². The lowest BCUT2D eigenvalue weighted by Crippen LogP contribution is -2.41. The summed E-state index contributed by atoms with van der Waals surface area (Å²) in [4.78, 5) is 0. The van der Waals surface area contributed by atoms with Crippen LogP contribution in [-0.4, -0.2) is 54.6 Å². The van der Waals surface area contributed by atoms with E-state index in [9.17, 15) is 8.42 Å². The highest BCUT2D eigenvalue weighted by molar-refractivity contribution is 7.99. The maximum atomic E-state index is 11.8. The van der Waals surface area contributed by atoms with E-state index in [0.717, 1.165) is 12.2 Å². The molecule has 0 unspecified atom stereocenters. The van der Waals surface area contributed by atoms with Crippen LogP contribution >= 0.6 is 11.8 Å². The third-order valence-corrected chi connectivity index (χ3v) is 6.95. The van der Waals surface area contributed by atoms with Gasteiger partial charge in [-0.25, -0.2) is 8.42 Å². The quantitative estimate of drug-likeness (QED) is 0.801. The van der Waals surface area contributed by atoms with E-state index in [2.05, 4.69) is 22.3 Å². The van der Waals surface area contributed by atoms with Crippen molar-refractivity contribution in [3.63, 3.8) is 0 Å². The van der Waals surface area contributed by atoms with Gasteiger partial charge in [0.2, 0.25) is 21.8 Å². The first kappa shape index (κ1) is 17.0. The summed E-state index contributed by atoms with van der Waals surface area (Å²) in [7, 11) is -3.26. The molecular formula is C16H19N3O4S2. The van der Waals surface area contributed by atoms with Gasteiger partial charge in [-0.15, -0.1) is 22.0 Å². The molecule has 1 aromatic carbocycles. The van der Waals surface area contributed by atoms with Crippen LogP contribution in [0.15, 0.2) is 28.7 Å². The number of nitrogens with zero attached hydrogens (tertiary/aromatic N) is 3. The van der Waals surface area contributed by atoms with E-state index in [4.69, 9.17) is 9.15 Å². The molecule has 0 saturated carbocycles. The highest BCUT2D eigenvalue weighted by Crippen LogP contribution is 2.41. The Morgan fingerprint density at radius 1 is 1.24 bits per heavy atom. The van der Waals surface area contributed by atoms with E-state index in [0.29, 0.717) is 24.9 Å². The second kappa shape index (κ2) is 6.71. The van der Waals surface area contributed by atoms with Gasteiger partial charge in [0.25, 0.3) is 0 Å². The smallest absolute Gasteiger partial charge is 0.246 e. The van der Waals surface area contributed by atoms with Gasteiger partial charge in [0.15, 0.2) is 0 Å². The number of morpholine rings is 1. The van der Waals surface area contributed by atoms with Gasteiger partial charge in [-0.1, -0.05) is 24.3 Å². The van der Waals surface area contributed by atoms with E-state index < -0.39 is 16.1 Å². The van der Waals surface area contributed by atoms with Gasteiger partial charge in [-0.2, -0.15) is 4.31 Å². The zero-order valence-corrected chi connectivity index (χ0v) is 15.4. The Bertz CT molecular complexity index is 868. The Labute approximate surface area is 150 Å². The fourth-order valence-corrected chi connectivity index (χ4v) is 5.19. The largest absolute Gasteiger partial charge is 0.421 e. The monoisotopic (exact) mass is 381 g/mol. The molecule has 0 N–H and O–H groups in total. The van der Waals surface area contributed by atoms with Crippen molar-refractivity contribution < 1.29 is 17.6 Å². The molecule has 1 saturated heterocycles. The summed E-state index contributed by atoms with van der Waals surface area (Å²) in [6.07, 6.45) is 1.71. The lowest BCUT2D eigenvalue weighted by atomic mass is 10.0. The van der Waals surface area contributed by atoms with Crippen molar-refractivity contribution >= 4 is 21.8 Å². The van der Waals surface area contributed by atoms with Gasteiger partial charge in [0.05, 0.1) is 12.9 Å². The van der Waals surface area contributed by atoms with Crippen molar-refractivity contribution in [3.05, 3.63) is 47.2 Å². The topological polar surface area (TPSA) is 85.5 Å². The Kier molecular flexibility index (Phi) is 4.57. The number of fused-ring (bicyclic) bond motifs is 1. The van der Waals surface area contributed by atoms with Crippen LogP contribution in [-0.2, 0) is 21.2 Å². The Balaban J connectivity index is 1.57. The van der Waals surface area contributed by atoms with Gasteiger partial charge >= 0.3 is 0 Å². The molecule has 25 heavy (non-hydrogen) atoms. The fraction of sp³-hybridized carbons (Fsp3) is 0.500. The summed E-state index contributed by atoms with van der Waals surface area (Å²) in [5, 5.41) is 8.36. The number of aryl methyl sites for hydroxylation is 1. The molecule has 2 atom stereocenters. The van der Waals surface area contributed by atoms with Crippen molar-refractivity contribution in [2.45, 2.75) is 17.8 Å². The van der Waals surface area contributed by atoms with Crippen molar-refractivity contribution in [3.8, 4) is 0 Å². The summed E-state index contributed by atoms with van der Waals surface area (Å²) >= 11 is 1.78. The molecule has 2 aliphatic rings. The normalized spacial score (nSPS) is 24.8. The van der Waals surface area contributed by atoms with Gasteiger partial charge in [0.1, 0.15) is 11.4 Å². The van der Waals surface area contributed by atoms with Gasteiger partial charge < -0.3 is 9.15 Å². The van der Waals surface area contributed by atoms with E-state index >= 15 is 0 Å².